The summed E-state index contributed by atoms with van der Waals surface area (Å²) in [5.41, 5.74) is 7.49. The van der Waals surface area contributed by atoms with Crippen molar-refractivity contribution < 1.29 is 9.32 Å². The molecule has 33 heavy (non-hydrogen) atoms. The predicted molar refractivity (Wildman–Crippen MR) is 134 cm³/mol. The molecule has 1 N–H and O–H groups in total. The van der Waals surface area contributed by atoms with Crippen molar-refractivity contribution in [3.8, 4) is 21.8 Å². The van der Waals surface area contributed by atoms with Gasteiger partial charge in [-0.1, -0.05) is 47.6 Å². The number of nitrogens with zero attached hydrogens (tertiary/aromatic N) is 2. The second-order valence-electron chi connectivity index (χ2n) is 8.15. The monoisotopic (exact) mass is 453 g/mol. The van der Waals surface area contributed by atoms with Crippen LogP contribution in [0.5, 0.6) is 0 Å². The number of fused-ring (bicyclic) bond motifs is 1. The molecule has 0 aliphatic carbocycles. The second-order valence-corrected chi connectivity index (χ2v) is 9.36. The van der Waals surface area contributed by atoms with Crippen LogP contribution in [0.3, 0.4) is 0 Å². The minimum Gasteiger partial charge on any atom is -0.356 e. The molecule has 5 nitrogen and oxygen atoms in total. The minimum absolute atomic E-state index is 0.132. The summed E-state index contributed by atoms with van der Waals surface area (Å²) in [4.78, 5) is 18.6. The summed E-state index contributed by atoms with van der Waals surface area (Å²) in [6.45, 7) is 6.16. The number of nitrogens with one attached hydrogen (secondary N) is 1. The van der Waals surface area contributed by atoms with Gasteiger partial charge in [0.25, 0.3) is 0 Å². The lowest BCUT2D eigenvalue weighted by Gasteiger charge is -2.06. The van der Waals surface area contributed by atoms with Gasteiger partial charge in [0.15, 0.2) is 5.58 Å². The van der Waals surface area contributed by atoms with Gasteiger partial charge in [-0.15, -0.1) is 11.3 Å². The van der Waals surface area contributed by atoms with Crippen LogP contribution in [0.25, 0.3) is 32.8 Å². The normalized spacial score (nSPS) is 11.1. The molecule has 0 aliphatic rings. The maximum absolute atomic E-state index is 12.6. The Morgan fingerprint density at radius 3 is 2.42 bits per heavy atom. The number of aryl methyl sites for hydroxylation is 3. The molecule has 0 saturated carbocycles. The number of hydrogen-bond acceptors (Lipinski definition) is 5. The number of benzene rings is 3. The number of carbonyl (C=O) groups excluding carboxylic acids is 1. The Bertz CT molecular complexity index is 1450. The lowest BCUT2D eigenvalue weighted by Crippen LogP contribution is -2.14. The molecule has 5 aromatic rings. The largest absolute Gasteiger partial charge is 0.356 e. The fourth-order valence-electron chi connectivity index (χ4n) is 3.81. The molecule has 6 heteroatoms. The van der Waals surface area contributed by atoms with E-state index in [1.165, 1.54) is 0 Å². The Kier molecular flexibility index (Phi) is 5.52. The van der Waals surface area contributed by atoms with E-state index >= 15 is 0 Å². The zero-order valence-electron chi connectivity index (χ0n) is 18.7. The van der Waals surface area contributed by atoms with Gasteiger partial charge in [-0.3, -0.25) is 4.79 Å². The molecule has 0 aliphatic heterocycles. The average molecular weight is 454 g/mol. The molecule has 0 atom stereocenters. The second kappa shape index (κ2) is 8.64. The van der Waals surface area contributed by atoms with E-state index in [9.17, 15) is 4.79 Å². The summed E-state index contributed by atoms with van der Waals surface area (Å²) in [5.74, 6) is -0.132. The summed E-state index contributed by atoms with van der Waals surface area (Å²) in [5, 5.41) is 8.96. The average Bonchev–Trinajstić information content (AvgIpc) is 3.38. The van der Waals surface area contributed by atoms with E-state index in [-0.39, 0.29) is 12.3 Å². The summed E-state index contributed by atoms with van der Waals surface area (Å²) in [6, 6.07) is 22.0. The third kappa shape index (κ3) is 4.30. The van der Waals surface area contributed by atoms with Crippen molar-refractivity contribution >= 4 is 33.9 Å². The van der Waals surface area contributed by atoms with E-state index in [2.05, 4.69) is 29.5 Å². The first-order valence-electron chi connectivity index (χ1n) is 10.8. The van der Waals surface area contributed by atoms with Crippen molar-refractivity contribution in [3.05, 3.63) is 88.4 Å². The maximum atomic E-state index is 12.6. The topological polar surface area (TPSA) is 68.0 Å². The Labute approximate surface area is 196 Å². The lowest BCUT2D eigenvalue weighted by molar-refractivity contribution is -0.115. The van der Waals surface area contributed by atoms with Gasteiger partial charge in [-0.05, 0) is 56.2 Å². The van der Waals surface area contributed by atoms with Crippen LogP contribution in [0, 0.1) is 20.8 Å². The highest BCUT2D eigenvalue weighted by Gasteiger charge is 2.15. The van der Waals surface area contributed by atoms with Gasteiger partial charge in [-0.2, -0.15) is 0 Å². The van der Waals surface area contributed by atoms with E-state index < -0.39 is 0 Å². The van der Waals surface area contributed by atoms with Crippen LogP contribution in [0.15, 0.2) is 71.3 Å². The maximum Gasteiger partial charge on any atom is 0.230 e. The molecule has 0 fully saturated rings. The van der Waals surface area contributed by atoms with Crippen LogP contribution in [-0.2, 0) is 11.2 Å². The lowest BCUT2D eigenvalue weighted by atomic mass is 10.1. The number of rotatable bonds is 5. The van der Waals surface area contributed by atoms with Crippen molar-refractivity contribution in [1.82, 2.24) is 10.1 Å². The first kappa shape index (κ1) is 21.1. The number of carbonyl (C=O) groups is 1. The van der Waals surface area contributed by atoms with Gasteiger partial charge in [0.1, 0.15) is 10.7 Å². The first-order chi connectivity index (χ1) is 16.0. The van der Waals surface area contributed by atoms with Crippen LogP contribution in [0.4, 0.5) is 5.69 Å². The molecule has 5 rings (SSSR count). The fraction of sp³-hybridized carbons (Fsp3) is 0.148. The summed E-state index contributed by atoms with van der Waals surface area (Å²) in [7, 11) is 0. The molecule has 0 bridgehead atoms. The number of amides is 1. The Balaban J connectivity index is 1.30. The molecule has 0 unspecified atom stereocenters. The van der Waals surface area contributed by atoms with Gasteiger partial charge >= 0.3 is 0 Å². The molecule has 0 radical (unpaired) electrons. The van der Waals surface area contributed by atoms with Gasteiger partial charge in [0.05, 0.1) is 12.1 Å². The Morgan fingerprint density at radius 2 is 1.67 bits per heavy atom. The van der Waals surface area contributed by atoms with Gasteiger partial charge < -0.3 is 9.84 Å². The fourth-order valence-corrected chi connectivity index (χ4v) is 4.75. The minimum atomic E-state index is -0.132. The quantitative estimate of drug-likeness (QED) is 0.321. The molecule has 1 amide bonds. The Hall–Kier alpha value is -3.77. The van der Waals surface area contributed by atoms with Crippen LogP contribution in [0.2, 0.25) is 0 Å². The number of anilines is 1. The third-order valence-corrected chi connectivity index (χ3v) is 6.77. The zero-order chi connectivity index (χ0) is 22.9. The molecule has 164 valence electrons. The zero-order valence-corrected chi connectivity index (χ0v) is 19.5. The molecule has 0 spiro atoms. The van der Waals surface area contributed by atoms with Crippen molar-refractivity contribution in [1.29, 1.82) is 0 Å². The highest BCUT2D eigenvalue weighted by molar-refractivity contribution is 7.15. The van der Waals surface area contributed by atoms with E-state index in [1.54, 1.807) is 11.3 Å². The SMILES string of the molecule is Cc1cc2onc(CC(=O)Nc3ccc(-c4nc(-c5ccccc5)sc4C)cc3)c2cc1C. The highest BCUT2D eigenvalue weighted by atomic mass is 32.1. The van der Waals surface area contributed by atoms with Crippen LogP contribution in [-0.4, -0.2) is 16.0 Å². The van der Waals surface area contributed by atoms with Crippen molar-refractivity contribution in [2.45, 2.75) is 27.2 Å². The molecular formula is C27H23N3O2S. The molecule has 2 aromatic heterocycles. The molecule has 3 aromatic carbocycles. The highest BCUT2D eigenvalue weighted by Crippen LogP contribution is 2.33. The van der Waals surface area contributed by atoms with Gasteiger partial charge in [-0.25, -0.2) is 4.98 Å². The standard InChI is InChI=1S/C27H23N3O2S/c1-16-13-22-23(30-32-24(22)14-17(16)2)15-25(31)28-21-11-9-19(10-12-21)26-18(3)33-27(29-26)20-7-5-4-6-8-20/h4-14H,15H2,1-3H3,(H,28,31). The Morgan fingerprint density at radius 1 is 0.939 bits per heavy atom. The van der Waals surface area contributed by atoms with E-state index in [1.807, 2.05) is 68.4 Å². The molecule has 0 saturated heterocycles. The van der Waals surface area contributed by atoms with Gasteiger partial charge in [0, 0.05) is 27.1 Å². The summed E-state index contributed by atoms with van der Waals surface area (Å²) in [6.07, 6.45) is 0.156. The summed E-state index contributed by atoms with van der Waals surface area (Å²) >= 11 is 1.69. The number of aromatic nitrogens is 2. The predicted octanol–water partition coefficient (Wildman–Crippen LogP) is 6.72. The number of hydrogen-bond donors (Lipinski definition) is 1. The van der Waals surface area contributed by atoms with E-state index in [0.717, 1.165) is 48.9 Å². The van der Waals surface area contributed by atoms with Crippen LogP contribution < -0.4 is 5.32 Å². The molecular weight excluding hydrogens is 430 g/mol. The van der Waals surface area contributed by atoms with Crippen molar-refractivity contribution in [2.24, 2.45) is 0 Å². The number of thiazole rings is 1. The van der Waals surface area contributed by atoms with Gasteiger partial charge in [0.2, 0.25) is 5.91 Å². The van der Waals surface area contributed by atoms with Crippen LogP contribution in [0.1, 0.15) is 21.7 Å². The summed E-state index contributed by atoms with van der Waals surface area (Å²) < 4.78 is 5.41. The first-order valence-corrected chi connectivity index (χ1v) is 11.6. The van der Waals surface area contributed by atoms with E-state index in [0.29, 0.717) is 11.3 Å². The van der Waals surface area contributed by atoms with Crippen molar-refractivity contribution in [3.63, 3.8) is 0 Å². The smallest absolute Gasteiger partial charge is 0.230 e. The third-order valence-electron chi connectivity index (χ3n) is 5.75. The van der Waals surface area contributed by atoms with E-state index in [4.69, 9.17) is 9.51 Å². The van der Waals surface area contributed by atoms with Crippen molar-refractivity contribution in [2.75, 3.05) is 5.32 Å². The molecule has 2 heterocycles. The van der Waals surface area contributed by atoms with Crippen LogP contribution >= 0.6 is 11.3 Å².